The van der Waals surface area contributed by atoms with Crippen LogP contribution < -0.4 is 10.5 Å². The van der Waals surface area contributed by atoms with Crippen LogP contribution in [0.2, 0.25) is 0 Å². The van der Waals surface area contributed by atoms with Crippen LogP contribution in [0.4, 0.5) is 0 Å². The van der Waals surface area contributed by atoms with Crippen molar-refractivity contribution in [1.82, 2.24) is 0 Å². The molecule has 0 spiro atoms. The molecular weight excluding hydrogens is 280 g/mol. The molecule has 0 fully saturated rings. The molecule has 1 aromatic heterocycles. The van der Waals surface area contributed by atoms with Crippen molar-refractivity contribution in [3.63, 3.8) is 0 Å². The van der Waals surface area contributed by atoms with Crippen molar-refractivity contribution in [1.29, 1.82) is 0 Å². The normalized spacial score (nSPS) is 10.8. The second-order valence-electron chi connectivity index (χ2n) is 5.27. The molecule has 4 heteroatoms. The van der Waals surface area contributed by atoms with Gasteiger partial charge >= 0.3 is 0 Å². The number of carboxylic acid groups (broad SMARTS) is 1. The highest BCUT2D eigenvalue weighted by atomic mass is 16.4. The second kappa shape index (κ2) is 5.15. The van der Waals surface area contributed by atoms with Gasteiger partial charge in [0.05, 0.1) is 11.4 Å². The van der Waals surface area contributed by atoms with Gasteiger partial charge in [0.15, 0.2) is 5.43 Å². The summed E-state index contributed by atoms with van der Waals surface area (Å²) in [5, 5.41) is 11.7. The Bertz CT molecular complexity index is 951. The van der Waals surface area contributed by atoms with Gasteiger partial charge in [-0.2, -0.15) is 0 Å². The quantitative estimate of drug-likeness (QED) is 0.727. The fourth-order valence-electron chi connectivity index (χ4n) is 2.62. The minimum absolute atomic E-state index is 0.00485. The highest BCUT2D eigenvalue weighted by Gasteiger charge is 2.12. The number of fused-ring (bicyclic) bond motifs is 1. The Labute approximate surface area is 126 Å². The summed E-state index contributed by atoms with van der Waals surface area (Å²) in [5.41, 5.74) is 2.41. The topological polar surface area (TPSA) is 70.3 Å². The van der Waals surface area contributed by atoms with Crippen LogP contribution in [0.1, 0.15) is 21.5 Å². The van der Waals surface area contributed by atoms with E-state index in [4.69, 9.17) is 4.42 Å². The number of carboxylic acids is 1. The van der Waals surface area contributed by atoms with Gasteiger partial charge in [-0.1, -0.05) is 30.3 Å². The van der Waals surface area contributed by atoms with E-state index in [1.165, 1.54) is 12.1 Å². The lowest BCUT2D eigenvalue weighted by Gasteiger charge is -2.11. The van der Waals surface area contributed by atoms with Crippen LogP contribution in [0.15, 0.2) is 51.7 Å². The van der Waals surface area contributed by atoms with Crippen molar-refractivity contribution >= 4 is 16.9 Å². The van der Waals surface area contributed by atoms with Gasteiger partial charge in [-0.25, -0.2) is 0 Å². The van der Waals surface area contributed by atoms with Gasteiger partial charge in [0, 0.05) is 17.2 Å². The Morgan fingerprint density at radius 3 is 2.55 bits per heavy atom. The Morgan fingerprint density at radius 2 is 1.82 bits per heavy atom. The first-order valence-corrected chi connectivity index (χ1v) is 6.83. The molecule has 0 bridgehead atoms. The van der Waals surface area contributed by atoms with Crippen LogP contribution in [0.3, 0.4) is 0 Å². The summed E-state index contributed by atoms with van der Waals surface area (Å²) in [6.07, 6.45) is 0. The second-order valence-corrected chi connectivity index (χ2v) is 5.27. The van der Waals surface area contributed by atoms with Gasteiger partial charge in [0.2, 0.25) is 0 Å². The predicted octanol–water partition coefficient (Wildman–Crippen LogP) is 2.44. The van der Waals surface area contributed by atoms with E-state index in [2.05, 4.69) is 0 Å². The van der Waals surface area contributed by atoms with E-state index in [0.717, 1.165) is 11.1 Å². The lowest BCUT2D eigenvalue weighted by atomic mass is 10.0. The Morgan fingerprint density at radius 1 is 1.09 bits per heavy atom. The van der Waals surface area contributed by atoms with Crippen molar-refractivity contribution in [3.05, 3.63) is 69.4 Å². The lowest BCUT2D eigenvalue weighted by molar-refractivity contribution is -0.254. The maximum Gasteiger partial charge on any atom is 0.193 e. The zero-order valence-electron chi connectivity index (χ0n) is 12.2. The summed E-state index contributed by atoms with van der Waals surface area (Å²) < 4.78 is 5.81. The molecule has 0 aliphatic carbocycles. The molecule has 1 heterocycles. The van der Waals surface area contributed by atoms with Gasteiger partial charge in [0.25, 0.3) is 0 Å². The summed E-state index contributed by atoms with van der Waals surface area (Å²) in [5.74, 6) is -1.08. The molecule has 0 saturated carbocycles. The molecule has 110 valence electrons. The largest absolute Gasteiger partial charge is 0.545 e. The molecule has 0 unspecified atom stereocenters. The highest BCUT2D eigenvalue weighted by Crippen LogP contribution is 2.27. The SMILES string of the molecule is Cc1cc(C)c2oc(-c3ccccc3C(=O)[O-])cc(=O)c2c1. The predicted molar refractivity (Wildman–Crippen MR) is 81.7 cm³/mol. The van der Waals surface area contributed by atoms with Crippen molar-refractivity contribution < 1.29 is 14.3 Å². The van der Waals surface area contributed by atoms with Gasteiger partial charge in [-0.15, -0.1) is 0 Å². The number of hydrogen-bond donors (Lipinski definition) is 0. The van der Waals surface area contributed by atoms with Crippen molar-refractivity contribution in [2.75, 3.05) is 0 Å². The molecule has 2 aromatic carbocycles. The number of benzene rings is 2. The van der Waals surface area contributed by atoms with Gasteiger partial charge in [0.1, 0.15) is 11.3 Å². The third-order valence-corrected chi connectivity index (χ3v) is 3.57. The van der Waals surface area contributed by atoms with E-state index in [1.54, 1.807) is 24.3 Å². The minimum Gasteiger partial charge on any atom is -0.545 e. The van der Waals surface area contributed by atoms with Gasteiger partial charge in [-0.3, -0.25) is 4.79 Å². The summed E-state index contributed by atoms with van der Waals surface area (Å²) in [4.78, 5) is 23.6. The number of hydrogen-bond acceptors (Lipinski definition) is 4. The fraction of sp³-hybridized carbons (Fsp3) is 0.111. The molecule has 0 atom stereocenters. The third-order valence-electron chi connectivity index (χ3n) is 3.57. The molecule has 0 N–H and O–H groups in total. The average Bonchev–Trinajstić information content (AvgIpc) is 2.48. The smallest absolute Gasteiger partial charge is 0.193 e. The molecule has 3 rings (SSSR count). The molecule has 0 saturated heterocycles. The monoisotopic (exact) mass is 293 g/mol. The first kappa shape index (κ1) is 14.1. The Kier molecular flexibility index (Phi) is 3.29. The molecule has 22 heavy (non-hydrogen) atoms. The van der Waals surface area contributed by atoms with Crippen LogP contribution >= 0.6 is 0 Å². The standard InChI is InChI=1S/C18H14O4/c1-10-7-11(2)17-14(8-10)15(19)9-16(22-17)12-5-3-4-6-13(12)18(20)21/h3-9H,1-2H3,(H,20,21)/p-1. The third kappa shape index (κ3) is 2.29. The van der Waals surface area contributed by atoms with Gasteiger partial charge < -0.3 is 14.3 Å². The summed E-state index contributed by atoms with van der Waals surface area (Å²) >= 11 is 0. The molecule has 0 aliphatic heterocycles. The number of aromatic carboxylic acids is 1. The number of carbonyl (C=O) groups excluding carboxylic acids is 1. The summed E-state index contributed by atoms with van der Waals surface area (Å²) in [6, 6.07) is 11.3. The van der Waals surface area contributed by atoms with E-state index in [-0.39, 0.29) is 16.8 Å². The number of aryl methyl sites for hydroxylation is 2. The summed E-state index contributed by atoms with van der Waals surface area (Å²) in [7, 11) is 0. The minimum atomic E-state index is -1.31. The lowest BCUT2D eigenvalue weighted by Crippen LogP contribution is -2.23. The zero-order valence-corrected chi connectivity index (χ0v) is 12.2. The van der Waals surface area contributed by atoms with Crippen LogP contribution in [0.25, 0.3) is 22.3 Å². The van der Waals surface area contributed by atoms with E-state index < -0.39 is 5.97 Å². The molecule has 4 nitrogen and oxygen atoms in total. The van der Waals surface area contributed by atoms with E-state index in [9.17, 15) is 14.7 Å². The maximum atomic E-state index is 12.3. The number of carbonyl (C=O) groups is 1. The van der Waals surface area contributed by atoms with Crippen molar-refractivity contribution in [3.8, 4) is 11.3 Å². The van der Waals surface area contributed by atoms with Crippen molar-refractivity contribution in [2.24, 2.45) is 0 Å². The molecule has 0 aliphatic rings. The highest BCUT2D eigenvalue weighted by molar-refractivity contribution is 5.94. The van der Waals surface area contributed by atoms with E-state index in [1.807, 2.05) is 19.9 Å². The average molecular weight is 293 g/mol. The zero-order chi connectivity index (χ0) is 15.9. The molecule has 3 aromatic rings. The van der Waals surface area contributed by atoms with E-state index in [0.29, 0.717) is 16.5 Å². The molecule has 0 radical (unpaired) electrons. The van der Waals surface area contributed by atoms with Gasteiger partial charge in [-0.05, 0) is 31.0 Å². The molecule has 0 amide bonds. The maximum absolute atomic E-state index is 12.3. The Balaban J connectivity index is 2.35. The first-order chi connectivity index (χ1) is 10.5. The number of rotatable bonds is 2. The van der Waals surface area contributed by atoms with Crippen LogP contribution in [0.5, 0.6) is 0 Å². The summed E-state index contributed by atoms with van der Waals surface area (Å²) in [6.45, 7) is 3.76. The van der Waals surface area contributed by atoms with Crippen molar-refractivity contribution in [2.45, 2.75) is 13.8 Å². The molecular formula is C18H13O4-. The first-order valence-electron chi connectivity index (χ1n) is 6.83. The van der Waals surface area contributed by atoms with Crippen LogP contribution in [-0.2, 0) is 0 Å². The van der Waals surface area contributed by atoms with Crippen LogP contribution in [0, 0.1) is 13.8 Å². The van der Waals surface area contributed by atoms with E-state index >= 15 is 0 Å². The van der Waals surface area contributed by atoms with Crippen LogP contribution in [-0.4, -0.2) is 5.97 Å². The fourth-order valence-corrected chi connectivity index (χ4v) is 2.62. The Hall–Kier alpha value is -2.88.